The van der Waals surface area contributed by atoms with Crippen LogP contribution in [0.4, 0.5) is 0 Å². The smallest absolute Gasteiger partial charge is 0.0205 e. The first-order valence-corrected chi connectivity index (χ1v) is 4.88. The van der Waals surface area contributed by atoms with Crippen molar-refractivity contribution in [3.05, 3.63) is 60.7 Å². The Balaban J connectivity index is 2.16. The molecule has 0 heterocycles. The van der Waals surface area contributed by atoms with E-state index in [9.17, 15) is 0 Å². The number of hydrogen-bond acceptors (Lipinski definition) is 1. The molecule has 74 valence electrons. The molecule has 0 unspecified atom stereocenters. The summed E-state index contributed by atoms with van der Waals surface area (Å²) in [6.07, 6.45) is 2.78. The van der Waals surface area contributed by atoms with Gasteiger partial charge in [-0.15, -0.1) is 0 Å². The molecule has 0 aliphatic rings. The van der Waals surface area contributed by atoms with Gasteiger partial charge in [-0.2, -0.15) is 0 Å². The molecule has 0 saturated carbocycles. The van der Waals surface area contributed by atoms with E-state index in [0.717, 1.165) is 25.1 Å². The van der Waals surface area contributed by atoms with E-state index in [1.807, 2.05) is 12.1 Å². The van der Waals surface area contributed by atoms with Crippen LogP contribution in [0.5, 0.6) is 0 Å². The minimum Gasteiger partial charge on any atom is -0.312 e. The van der Waals surface area contributed by atoms with Crippen molar-refractivity contribution in [3.63, 3.8) is 0 Å². The minimum absolute atomic E-state index is 0.922. The van der Waals surface area contributed by atoms with Gasteiger partial charge >= 0.3 is 0 Å². The first-order valence-electron chi connectivity index (χ1n) is 4.88. The van der Waals surface area contributed by atoms with E-state index in [4.69, 9.17) is 0 Å². The summed E-state index contributed by atoms with van der Waals surface area (Å²) in [7, 11) is 0. The predicted octanol–water partition coefficient (Wildman–Crippen LogP) is 2.91. The molecule has 0 amide bonds. The van der Waals surface area contributed by atoms with Crippen molar-refractivity contribution in [3.8, 4) is 0 Å². The van der Waals surface area contributed by atoms with Crippen molar-refractivity contribution in [2.45, 2.75) is 13.0 Å². The molecular formula is C13H17N. The van der Waals surface area contributed by atoms with Crippen LogP contribution in [0.15, 0.2) is 55.1 Å². The van der Waals surface area contributed by atoms with E-state index in [0.29, 0.717) is 0 Å². The molecule has 0 atom stereocenters. The van der Waals surface area contributed by atoms with Crippen LogP contribution < -0.4 is 5.32 Å². The molecule has 1 aromatic carbocycles. The van der Waals surface area contributed by atoms with Crippen LogP contribution in [0.2, 0.25) is 0 Å². The zero-order valence-electron chi connectivity index (χ0n) is 8.50. The van der Waals surface area contributed by atoms with Crippen molar-refractivity contribution < 1.29 is 0 Å². The lowest BCUT2D eigenvalue weighted by Crippen LogP contribution is -2.14. The van der Waals surface area contributed by atoms with Crippen molar-refractivity contribution >= 4 is 0 Å². The van der Waals surface area contributed by atoms with E-state index in [1.54, 1.807) is 0 Å². The fourth-order valence-electron chi connectivity index (χ4n) is 1.18. The van der Waals surface area contributed by atoms with Crippen LogP contribution >= 0.6 is 0 Å². The van der Waals surface area contributed by atoms with Gasteiger partial charge in [0, 0.05) is 6.54 Å². The van der Waals surface area contributed by atoms with Crippen molar-refractivity contribution in [2.75, 3.05) is 6.54 Å². The molecule has 1 aromatic rings. The lowest BCUT2D eigenvalue weighted by Gasteiger charge is -2.04. The average Bonchev–Trinajstić information content (AvgIpc) is 2.25. The van der Waals surface area contributed by atoms with Gasteiger partial charge < -0.3 is 5.32 Å². The molecule has 0 aliphatic carbocycles. The third kappa shape index (κ3) is 4.06. The summed E-state index contributed by atoms with van der Waals surface area (Å²) < 4.78 is 0. The van der Waals surface area contributed by atoms with Gasteiger partial charge in [0.15, 0.2) is 0 Å². The number of benzene rings is 1. The molecule has 0 saturated heterocycles. The van der Waals surface area contributed by atoms with Gasteiger partial charge in [0.05, 0.1) is 0 Å². The topological polar surface area (TPSA) is 12.0 Å². The molecule has 1 N–H and O–H groups in total. The summed E-state index contributed by atoms with van der Waals surface area (Å²) in [5, 5.41) is 3.36. The van der Waals surface area contributed by atoms with E-state index in [1.165, 1.54) is 5.56 Å². The average molecular weight is 187 g/mol. The molecule has 0 spiro atoms. The van der Waals surface area contributed by atoms with Gasteiger partial charge in [0.2, 0.25) is 0 Å². The lowest BCUT2D eigenvalue weighted by atomic mass is 10.2. The second-order valence-corrected chi connectivity index (χ2v) is 3.27. The standard InChI is InChI=1S/C13H17N/c1-3-12(2)9-10-14-11-13-7-5-4-6-8-13/h3-8,14H,1-2,9-11H2. The largest absolute Gasteiger partial charge is 0.312 e. The summed E-state index contributed by atoms with van der Waals surface area (Å²) in [6.45, 7) is 9.41. The van der Waals surface area contributed by atoms with Crippen LogP contribution in [0.1, 0.15) is 12.0 Å². The molecular weight excluding hydrogens is 170 g/mol. The Bertz CT molecular complexity index is 287. The quantitative estimate of drug-likeness (QED) is 0.533. The summed E-state index contributed by atoms with van der Waals surface area (Å²) in [5.41, 5.74) is 2.40. The normalized spacial score (nSPS) is 9.71. The van der Waals surface area contributed by atoms with Crippen LogP contribution in [-0.2, 0) is 6.54 Å². The molecule has 1 nitrogen and oxygen atoms in total. The Labute approximate surface area is 86.2 Å². The Morgan fingerprint density at radius 2 is 2.00 bits per heavy atom. The van der Waals surface area contributed by atoms with Crippen LogP contribution in [0.3, 0.4) is 0 Å². The first kappa shape index (κ1) is 10.7. The summed E-state index contributed by atoms with van der Waals surface area (Å²) >= 11 is 0. The SMILES string of the molecule is C=CC(=C)CCNCc1ccccc1. The van der Waals surface area contributed by atoms with E-state index in [-0.39, 0.29) is 0 Å². The zero-order valence-corrected chi connectivity index (χ0v) is 8.50. The van der Waals surface area contributed by atoms with Crippen molar-refractivity contribution in [2.24, 2.45) is 0 Å². The van der Waals surface area contributed by atoms with Gasteiger partial charge in [-0.3, -0.25) is 0 Å². The number of hydrogen-bond donors (Lipinski definition) is 1. The highest BCUT2D eigenvalue weighted by Crippen LogP contribution is 1.99. The van der Waals surface area contributed by atoms with Gasteiger partial charge in [-0.1, -0.05) is 55.1 Å². The Kier molecular flexibility index (Phi) is 4.73. The zero-order chi connectivity index (χ0) is 10.2. The van der Waals surface area contributed by atoms with Crippen molar-refractivity contribution in [1.29, 1.82) is 0 Å². The number of rotatable bonds is 6. The van der Waals surface area contributed by atoms with Crippen molar-refractivity contribution in [1.82, 2.24) is 5.32 Å². The Morgan fingerprint density at radius 3 is 2.64 bits per heavy atom. The Hall–Kier alpha value is -1.34. The highest BCUT2D eigenvalue weighted by Gasteiger charge is 1.91. The maximum atomic E-state index is 3.86. The highest BCUT2D eigenvalue weighted by atomic mass is 14.8. The number of nitrogens with one attached hydrogen (secondary N) is 1. The molecule has 1 heteroatoms. The molecule has 1 rings (SSSR count). The first-order chi connectivity index (χ1) is 6.83. The van der Waals surface area contributed by atoms with Gasteiger partial charge in [0.25, 0.3) is 0 Å². The third-order valence-electron chi connectivity index (χ3n) is 2.08. The maximum absolute atomic E-state index is 3.86. The highest BCUT2D eigenvalue weighted by molar-refractivity contribution is 5.14. The van der Waals surface area contributed by atoms with Gasteiger partial charge in [-0.25, -0.2) is 0 Å². The summed E-state index contributed by atoms with van der Waals surface area (Å²) in [6, 6.07) is 10.4. The molecule has 0 bridgehead atoms. The molecule has 14 heavy (non-hydrogen) atoms. The Morgan fingerprint density at radius 1 is 1.29 bits per heavy atom. The molecule has 0 aromatic heterocycles. The lowest BCUT2D eigenvalue weighted by molar-refractivity contribution is 0.689. The summed E-state index contributed by atoms with van der Waals surface area (Å²) in [4.78, 5) is 0. The second-order valence-electron chi connectivity index (χ2n) is 3.27. The van der Waals surface area contributed by atoms with E-state index in [2.05, 4.69) is 42.7 Å². The molecule has 0 aliphatic heterocycles. The van der Waals surface area contributed by atoms with Gasteiger partial charge in [-0.05, 0) is 18.5 Å². The van der Waals surface area contributed by atoms with E-state index >= 15 is 0 Å². The van der Waals surface area contributed by atoms with Crippen LogP contribution in [-0.4, -0.2) is 6.54 Å². The molecule has 0 fully saturated rings. The van der Waals surface area contributed by atoms with Crippen LogP contribution in [0, 0.1) is 0 Å². The molecule has 0 radical (unpaired) electrons. The minimum atomic E-state index is 0.922. The second kappa shape index (κ2) is 6.17. The van der Waals surface area contributed by atoms with Crippen LogP contribution in [0.25, 0.3) is 0 Å². The maximum Gasteiger partial charge on any atom is 0.0205 e. The monoisotopic (exact) mass is 187 g/mol. The fraction of sp³-hybridized carbons (Fsp3) is 0.231. The number of allylic oxidation sites excluding steroid dienone is 1. The summed E-state index contributed by atoms with van der Waals surface area (Å²) in [5.74, 6) is 0. The van der Waals surface area contributed by atoms with Gasteiger partial charge in [0.1, 0.15) is 0 Å². The predicted molar refractivity (Wildman–Crippen MR) is 62.1 cm³/mol. The van der Waals surface area contributed by atoms with E-state index < -0.39 is 0 Å². The third-order valence-corrected chi connectivity index (χ3v) is 2.08. The fourth-order valence-corrected chi connectivity index (χ4v) is 1.18.